The Hall–Kier alpha value is -2.01. The van der Waals surface area contributed by atoms with Crippen molar-refractivity contribution in [3.63, 3.8) is 0 Å². The molecule has 5 heteroatoms. The fourth-order valence-corrected chi connectivity index (χ4v) is 3.86. The van der Waals surface area contributed by atoms with Gasteiger partial charge in [0.15, 0.2) is 0 Å². The van der Waals surface area contributed by atoms with E-state index in [0.717, 1.165) is 29.1 Å². The van der Waals surface area contributed by atoms with E-state index in [0.29, 0.717) is 13.3 Å². The Morgan fingerprint density at radius 2 is 2.04 bits per heavy atom. The van der Waals surface area contributed by atoms with Crippen LogP contribution in [0, 0.1) is 0 Å². The molecule has 1 atom stereocenters. The summed E-state index contributed by atoms with van der Waals surface area (Å²) in [6.45, 7) is 4.19. The summed E-state index contributed by atoms with van der Waals surface area (Å²) in [7, 11) is 0. The molecule has 0 unspecified atom stereocenters. The number of halogens is 1. The zero-order chi connectivity index (χ0) is 17.4. The maximum absolute atomic E-state index is 9.64. The maximum Gasteiger partial charge on any atom is 0.115 e. The summed E-state index contributed by atoms with van der Waals surface area (Å²) in [6, 6.07) is 13.5. The van der Waals surface area contributed by atoms with Crippen molar-refractivity contribution in [1.82, 2.24) is 9.88 Å². The van der Waals surface area contributed by atoms with Gasteiger partial charge in [-0.25, -0.2) is 0 Å². The van der Waals surface area contributed by atoms with E-state index in [1.54, 1.807) is 12.1 Å². The van der Waals surface area contributed by atoms with Crippen molar-refractivity contribution in [3.8, 4) is 5.75 Å². The molecule has 130 valence electrons. The van der Waals surface area contributed by atoms with Gasteiger partial charge in [0.1, 0.15) is 5.75 Å². The van der Waals surface area contributed by atoms with Crippen molar-refractivity contribution in [3.05, 3.63) is 64.3 Å². The lowest BCUT2D eigenvalue weighted by Gasteiger charge is -2.35. The molecule has 2 heterocycles. The molecule has 0 aliphatic carbocycles. The normalized spacial score (nSPS) is 17.8. The number of aromatic hydroxyl groups is 1. The molecule has 0 spiro atoms. The largest absolute Gasteiger partial charge is 0.508 e. The third kappa shape index (κ3) is 3.01. The van der Waals surface area contributed by atoms with Crippen LogP contribution < -0.4 is 0 Å². The van der Waals surface area contributed by atoms with Gasteiger partial charge >= 0.3 is 0 Å². The molecule has 2 N–H and O–H groups in total. The Labute approximate surface area is 152 Å². The van der Waals surface area contributed by atoms with Crippen LogP contribution in [0.1, 0.15) is 29.8 Å². The van der Waals surface area contributed by atoms with Gasteiger partial charge in [-0.1, -0.05) is 23.7 Å². The first-order valence-electron chi connectivity index (χ1n) is 8.58. The number of nitrogens with one attached hydrogen (secondary N) is 1. The summed E-state index contributed by atoms with van der Waals surface area (Å²) >= 11 is 6.21. The van der Waals surface area contributed by atoms with Gasteiger partial charge in [-0.05, 0) is 54.8 Å². The highest BCUT2D eigenvalue weighted by Gasteiger charge is 2.31. The number of phenolic OH excluding ortho intramolecular Hbond substituents is 1. The molecule has 0 amide bonds. The van der Waals surface area contributed by atoms with Crippen LogP contribution in [-0.4, -0.2) is 34.9 Å². The summed E-state index contributed by atoms with van der Waals surface area (Å²) < 4.78 is 5.70. The summed E-state index contributed by atoms with van der Waals surface area (Å²) in [5.74, 6) is 0.277. The molecule has 2 aromatic carbocycles. The predicted octanol–water partition coefficient (Wildman–Crippen LogP) is 4.47. The first kappa shape index (κ1) is 16.5. The molecule has 1 aliphatic rings. The van der Waals surface area contributed by atoms with Gasteiger partial charge in [0.25, 0.3) is 0 Å². The van der Waals surface area contributed by atoms with Crippen LogP contribution in [0.5, 0.6) is 5.75 Å². The molecule has 0 bridgehead atoms. The fraction of sp³-hybridized carbons (Fsp3) is 0.300. The average Bonchev–Trinajstić information content (AvgIpc) is 2.98. The number of fused-ring (bicyclic) bond motifs is 3. The van der Waals surface area contributed by atoms with E-state index in [1.165, 1.54) is 16.6 Å². The lowest BCUT2D eigenvalue weighted by Crippen LogP contribution is -2.37. The lowest BCUT2D eigenvalue weighted by atomic mass is 9.93. The number of ether oxygens (including phenoxy) is 1. The smallest absolute Gasteiger partial charge is 0.115 e. The number of benzene rings is 2. The molecule has 0 radical (unpaired) electrons. The molecule has 25 heavy (non-hydrogen) atoms. The standard InChI is InChI=1S/C20H21ClN2O2/c1-2-25-12-23-10-9-16-17-11-14(21)5-8-18(17)22-19(16)20(23)13-3-6-15(24)7-4-13/h3-8,11,20,22,24H,2,9-10,12H2,1H3/t20-/m0/s1. The minimum atomic E-state index is 0.0714. The van der Waals surface area contributed by atoms with Crippen molar-refractivity contribution in [2.45, 2.75) is 19.4 Å². The third-order valence-electron chi connectivity index (χ3n) is 4.86. The van der Waals surface area contributed by atoms with Crippen LogP contribution in [0.25, 0.3) is 10.9 Å². The number of aromatic nitrogens is 1. The first-order chi connectivity index (χ1) is 12.2. The van der Waals surface area contributed by atoms with E-state index >= 15 is 0 Å². The van der Waals surface area contributed by atoms with E-state index in [2.05, 4.69) is 9.88 Å². The van der Waals surface area contributed by atoms with Crippen LogP contribution in [0.15, 0.2) is 42.5 Å². The number of hydrogen-bond donors (Lipinski definition) is 2. The highest BCUT2D eigenvalue weighted by Crippen LogP contribution is 2.39. The van der Waals surface area contributed by atoms with Gasteiger partial charge in [0.05, 0.1) is 12.8 Å². The number of hydrogen-bond acceptors (Lipinski definition) is 3. The van der Waals surface area contributed by atoms with Crippen molar-refractivity contribution >= 4 is 22.5 Å². The highest BCUT2D eigenvalue weighted by atomic mass is 35.5. The number of phenols is 1. The molecule has 4 nitrogen and oxygen atoms in total. The number of H-pyrrole nitrogens is 1. The second kappa shape index (κ2) is 6.71. The predicted molar refractivity (Wildman–Crippen MR) is 100 cm³/mol. The number of aromatic amines is 1. The Bertz CT molecular complexity index is 889. The van der Waals surface area contributed by atoms with Crippen LogP contribution >= 0.6 is 11.6 Å². The summed E-state index contributed by atoms with van der Waals surface area (Å²) in [6.07, 6.45) is 0.956. The highest BCUT2D eigenvalue weighted by molar-refractivity contribution is 6.31. The number of rotatable bonds is 4. The monoisotopic (exact) mass is 356 g/mol. The van der Waals surface area contributed by atoms with E-state index in [1.807, 2.05) is 37.3 Å². The molecule has 0 saturated carbocycles. The second-order valence-electron chi connectivity index (χ2n) is 6.39. The van der Waals surface area contributed by atoms with Gasteiger partial charge in [-0.15, -0.1) is 0 Å². The molecule has 1 aliphatic heterocycles. The summed E-state index contributed by atoms with van der Waals surface area (Å²) in [5, 5.41) is 11.6. The second-order valence-corrected chi connectivity index (χ2v) is 6.82. The minimum Gasteiger partial charge on any atom is -0.508 e. The van der Waals surface area contributed by atoms with E-state index < -0.39 is 0 Å². The molecule has 1 aromatic heterocycles. The zero-order valence-corrected chi connectivity index (χ0v) is 14.9. The van der Waals surface area contributed by atoms with Gasteiger partial charge in [0.2, 0.25) is 0 Å². The van der Waals surface area contributed by atoms with Gasteiger partial charge in [-0.3, -0.25) is 4.90 Å². The Morgan fingerprint density at radius 3 is 2.80 bits per heavy atom. The minimum absolute atomic E-state index is 0.0714. The number of nitrogens with zero attached hydrogens (tertiary/aromatic N) is 1. The van der Waals surface area contributed by atoms with Gasteiger partial charge in [-0.2, -0.15) is 0 Å². The van der Waals surface area contributed by atoms with Crippen LogP contribution in [0.4, 0.5) is 0 Å². The van der Waals surface area contributed by atoms with Gasteiger partial charge < -0.3 is 14.8 Å². The van der Waals surface area contributed by atoms with Crippen LogP contribution in [-0.2, 0) is 11.2 Å². The fourth-order valence-electron chi connectivity index (χ4n) is 3.69. The molecule has 3 aromatic rings. The van der Waals surface area contributed by atoms with E-state index in [4.69, 9.17) is 16.3 Å². The lowest BCUT2D eigenvalue weighted by molar-refractivity contribution is 0.0144. The quantitative estimate of drug-likeness (QED) is 0.725. The Balaban J connectivity index is 1.84. The summed E-state index contributed by atoms with van der Waals surface area (Å²) in [4.78, 5) is 5.92. The molecule has 4 rings (SSSR count). The maximum atomic E-state index is 9.64. The van der Waals surface area contributed by atoms with Crippen molar-refractivity contribution < 1.29 is 9.84 Å². The SMILES string of the molecule is CCOCN1CCc2c([nH]c3ccc(Cl)cc23)[C@@H]1c1ccc(O)cc1. The first-order valence-corrected chi connectivity index (χ1v) is 8.96. The average molecular weight is 357 g/mol. The van der Waals surface area contributed by atoms with Crippen LogP contribution in [0.3, 0.4) is 0 Å². The Morgan fingerprint density at radius 1 is 1.24 bits per heavy atom. The van der Waals surface area contributed by atoms with Crippen molar-refractivity contribution in [1.29, 1.82) is 0 Å². The summed E-state index contributed by atoms with van der Waals surface area (Å²) in [5.41, 5.74) is 4.75. The molecule has 0 fully saturated rings. The third-order valence-corrected chi connectivity index (χ3v) is 5.09. The van der Waals surface area contributed by atoms with Crippen LogP contribution in [0.2, 0.25) is 5.02 Å². The Kier molecular flexibility index (Phi) is 4.42. The zero-order valence-electron chi connectivity index (χ0n) is 14.1. The van der Waals surface area contributed by atoms with Crippen molar-refractivity contribution in [2.24, 2.45) is 0 Å². The van der Waals surface area contributed by atoms with Crippen molar-refractivity contribution in [2.75, 3.05) is 19.9 Å². The molecular weight excluding hydrogens is 336 g/mol. The molecule has 0 saturated heterocycles. The van der Waals surface area contributed by atoms with E-state index in [-0.39, 0.29) is 11.8 Å². The molecular formula is C20H21ClN2O2. The van der Waals surface area contributed by atoms with Gasteiger partial charge in [0, 0.05) is 34.8 Å². The topological polar surface area (TPSA) is 48.5 Å². The van der Waals surface area contributed by atoms with E-state index in [9.17, 15) is 5.11 Å².